The summed E-state index contributed by atoms with van der Waals surface area (Å²) in [5.74, 6) is 0. The van der Waals surface area contributed by atoms with E-state index < -0.39 is 10.0 Å². The first-order valence-corrected chi connectivity index (χ1v) is 10.3. The van der Waals surface area contributed by atoms with E-state index in [0.717, 1.165) is 24.0 Å². The van der Waals surface area contributed by atoms with Crippen LogP contribution in [0.2, 0.25) is 5.02 Å². The molecular weight excluding hydrogens is 393 g/mol. The van der Waals surface area contributed by atoms with E-state index in [2.05, 4.69) is 17.2 Å². The van der Waals surface area contributed by atoms with Gasteiger partial charge in [0.05, 0.1) is 11.1 Å². The molecule has 142 valence electrons. The van der Waals surface area contributed by atoms with Crippen LogP contribution in [0, 0.1) is 0 Å². The molecule has 2 aromatic rings. The van der Waals surface area contributed by atoms with E-state index >= 15 is 0 Å². The first-order chi connectivity index (χ1) is 12.0. The molecule has 1 aliphatic rings. The average Bonchev–Trinajstić information content (AvgIpc) is 2.64. The topological polar surface area (TPSA) is 62.3 Å². The third kappa shape index (κ3) is 4.38. The Bertz CT molecular complexity index is 832. The zero-order chi connectivity index (χ0) is 17.9. The molecule has 0 radical (unpaired) electrons. The minimum absolute atomic E-state index is 0. The molecule has 26 heavy (non-hydrogen) atoms. The van der Waals surface area contributed by atoms with Crippen molar-refractivity contribution in [1.29, 1.82) is 0 Å². The lowest BCUT2D eigenvalue weighted by Crippen LogP contribution is -2.48. The number of aromatic nitrogens is 1. The van der Waals surface area contributed by atoms with Crippen LogP contribution in [-0.4, -0.2) is 37.3 Å². The van der Waals surface area contributed by atoms with Crippen LogP contribution in [0.4, 0.5) is 0 Å². The molecule has 1 aromatic carbocycles. The van der Waals surface area contributed by atoms with E-state index in [1.807, 2.05) is 18.2 Å². The molecule has 1 atom stereocenters. The number of rotatable bonds is 5. The van der Waals surface area contributed by atoms with Crippen LogP contribution in [-0.2, 0) is 16.4 Å². The Morgan fingerprint density at radius 1 is 1.35 bits per heavy atom. The van der Waals surface area contributed by atoms with E-state index in [-0.39, 0.29) is 28.4 Å². The summed E-state index contributed by atoms with van der Waals surface area (Å²) in [7, 11) is -3.70. The summed E-state index contributed by atoms with van der Waals surface area (Å²) in [5.41, 5.74) is 1.86. The monoisotopic (exact) mass is 415 g/mol. The number of piperazine rings is 1. The third-order valence-electron chi connectivity index (χ3n) is 4.38. The van der Waals surface area contributed by atoms with Crippen molar-refractivity contribution in [3.63, 3.8) is 0 Å². The summed E-state index contributed by atoms with van der Waals surface area (Å²) < 4.78 is 28.2. The number of nitrogens with one attached hydrogen (secondary N) is 1. The zero-order valence-electron chi connectivity index (χ0n) is 14.6. The minimum atomic E-state index is -3.70. The maximum atomic E-state index is 13.3. The molecule has 0 amide bonds. The van der Waals surface area contributed by atoms with Gasteiger partial charge in [-0.05, 0) is 35.7 Å². The Kier molecular flexibility index (Phi) is 7.43. The Morgan fingerprint density at radius 2 is 2.15 bits per heavy atom. The van der Waals surface area contributed by atoms with Crippen LogP contribution >= 0.6 is 24.0 Å². The SMILES string of the molecule is CCCc1ccc(Cl)c(S(=O)(=O)N2CCNCC2c2cccnc2)c1.Cl. The summed E-state index contributed by atoms with van der Waals surface area (Å²) >= 11 is 6.26. The smallest absolute Gasteiger partial charge is 0.245 e. The van der Waals surface area contributed by atoms with Gasteiger partial charge in [-0.25, -0.2) is 8.42 Å². The number of hydrogen-bond donors (Lipinski definition) is 1. The standard InChI is InChI=1S/C18H22ClN3O2S.ClH/c1-2-4-14-6-7-16(19)18(11-14)25(23,24)22-10-9-21-13-17(22)15-5-3-8-20-12-15;/h3,5-8,11-12,17,21H,2,4,9-10,13H2,1H3;1H. The fraction of sp³-hybridized carbons (Fsp3) is 0.389. The Labute approximate surface area is 166 Å². The van der Waals surface area contributed by atoms with E-state index in [0.29, 0.717) is 19.6 Å². The summed E-state index contributed by atoms with van der Waals surface area (Å²) in [6.45, 7) is 3.63. The number of nitrogens with zero attached hydrogens (tertiary/aromatic N) is 2. The molecule has 0 aliphatic carbocycles. The van der Waals surface area contributed by atoms with Gasteiger partial charge in [-0.15, -0.1) is 12.4 Å². The number of aryl methyl sites for hydroxylation is 1. The number of halogens is 2. The molecule has 0 saturated carbocycles. The van der Waals surface area contributed by atoms with Gasteiger partial charge in [0.2, 0.25) is 10.0 Å². The van der Waals surface area contributed by atoms with Crippen molar-refractivity contribution in [2.45, 2.75) is 30.7 Å². The second-order valence-electron chi connectivity index (χ2n) is 6.14. The molecule has 1 saturated heterocycles. The van der Waals surface area contributed by atoms with Gasteiger partial charge in [0, 0.05) is 32.0 Å². The molecule has 1 unspecified atom stereocenters. The minimum Gasteiger partial charge on any atom is -0.313 e. The molecule has 3 rings (SSSR count). The van der Waals surface area contributed by atoms with Crippen molar-refractivity contribution in [1.82, 2.24) is 14.6 Å². The Hall–Kier alpha value is -1.18. The summed E-state index contributed by atoms with van der Waals surface area (Å²) in [5, 5.41) is 3.53. The second-order valence-corrected chi connectivity index (χ2v) is 8.40. The molecule has 2 heterocycles. The summed E-state index contributed by atoms with van der Waals surface area (Å²) in [4.78, 5) is 4.32. The van der Waals surface area contributed by atoms with Crippen molar-refractivity contribution in [2.75, 3.05) is 19.6 Å². The number of pyridine rings is 1. The van der Waals surface area contributed by atoms with Crippen molar-refractivity contribution >= 4 is 34.0 Å². The highest BCUT2D eigenvalue weighted by atomic mass is 35.5. The van der Waals surface area contributed by atoms with Crippen LogP contribution < -0.4 is 5.32 Å². The van der Waals surface area contributed by atoms with E-state index in [9.17, 15) is 8.42 Å². The predicted octanol–water partition coefficient (Wildman–Crippen LogP) is 3.44. The van der Waals surface area contributed by atoms with Gasteiger partial charge in [0.15, 0.2) is 0 Å². The maximum Gasteiger partial charge on any atom is 0.245 e. The average molecular weight is 416 g/mol. The van der Waals surface area contributed by atoms with Crippen molar-refractivity contribution in [3.05, 3.63) is 58.9 Å². The van der Waals surface area contributed by atoms with Crippen LogP contribution in [0.15, 0.2) is 47.6 Å². The Balaban J connectivity index is 0.00000243. The molecule has 1 fully saturated rings. The number of benzene rings is 1. The van der Waals surface area contributed by atoms with Crippen molar-refractivity contribution in [3.8, 4) is 0 Å². The molecule has 0 spiro atoms. The molecule has 1 aliphatic heterocycles. The van der Waals surface area contributed by atoms with Gasteiger partial charge in [-0.1, -0.05) is 37.1 Å². The fourth-order valence-electron chi connectivity index (χ4n) is 3.15. The second kappa shape index (κ2) is 9.15. The molecule has 0 bridgehead atoms. The van der Waals surface area contributed by atoms with Crippen LogP contribution in [0.25, 0.3) is 0 Å². The van der Waals surface area contributed by atoms with Gasteiger partial charge in [0.1, 0.15) is 4.90 Å². The third-order valence-corrected chi connectivity index (χ3v) is 6.77. The maximum absolute atomic E-state index is 13.3. The quantitative estimate of drug-likeness (QED) is 0.811. The van der Waals surface area contributed by atoms with E-state index in [4.69, 9.17) is 11.6 Å². The zero-order valence-corrected chi connectivity index (χ0v) is 16.9. The van der Waals surface area contributed by atoms with Gasteiger partial charge < -0.3 is 5.32 Å². The first-order valence-electron chi connectivity index (χ1n) is 8.45. The molecule has 1 aromatic heterocycles. The largest absolute Gasteiger partial charge is 0.313 e. The van der Waals surface area contributed by atoms with Crippen LogP contribution in [0.3, 0.4) is 0 Å². The van der Waals surface area contributed by atoms with Gasteiger partial charge >= 0.3 is 0 Å². The summed E-state index contributed by atoms with van der Waals surface area (Å²) in [6.07, 6.45) is 5.18. The van der Waals surface area contributed by atoms with Gasteiger partial charge in [-0.3, -0.25) is 4.98 Å². The van der Waals surface area contributed by atoms with Crippen molar-refractivity contribution in [2.24, 2.45) is 0 Å². The normalized spacial score (nSPS) is 18.3. The highest BCUT2D eigenvalue weighted by Crippen LogP contribution is 2.32. The molecule has 1 N–H and O–H groups in total. The highest BCUT2D eigenvalue weighted by Gasteiger charge is 2.35. The number of sulfonamides is 1. The van der Waals surface area contributed by atoms with Crippen molar-refractivity contribution < 1.29 is 8.42 Å². The lowest BCUT2D eigenvalue weighted by Gasteiger charge is -2.35. The lowest BCUT2D eigenvalue weighted by molar-refractivity contribution is 0.271. The first kappa shape index (κ1) is 21.1. The predicted molar refractivity (Wildman–Crippen MR) is 106 cm³/mol. The molecule has 5 nitrogen and oxygen atoms in total. The van der Waals surface area contributed by atoms with E-state index in [1.54, 1.807) is 24.5 Å². The fourth-order valence-corrected chi connectivity index (χ4v) is 5.29. The van der Waals surface area contributed by atoms with Gasteiger partial charge in [0.25, 0.3) is 0 Å². The van der Waals surface area contributed by atoms with Crippen LogP contribution in [0.5, 0.6) is 0 Å². The Morgan fingerprint density at radius 3 is 2.85 bits per heavy atom. The number of hydrogen-bond acceptors (Lipinski definition) is 4. The molecule has 8 heteroatoms. The van der Waals surface area contributed by atoms with Crippen LogP contribution in [0.1, 0.15) is 30.5 Å². The van der Waals surface area contributed by atoms with Gasteiger partial charge in [-0.2, -0.15) is 4.31 Å². The highest BCUT2D eigenvalue weighted by molar-refractivity contribution is 7.89. The van der Waals surface area contributed by atoms with E-state index in [1.165, 1.54) is 4.31 Å². The lowest BCUT2D eigenvalue weighted by atomic mass is 10.1. The summed E-state index contributed by atoms with van der Waals surface area (Å²) in [6, 6.07) is 8.72. The molecular formula is C18H23Cl2N3O2S.